The molecule has 0 N–H and O–H groups in total. The number of carbonyl (C=O) groups is 2. The van der Waals surface area contributed by atoms with Gasteiger partial charge in [0.1, 0.15) is 11.0 Å². The van der Waals surface area contributed by atoms with Crippen LogP contribution in [0.4, 0.5) is 0 Å². The summed E-state index contributed by atoms with van der Waals surface area (Å²) >= 11 is 0. The third kappa shape index (κ3) is 3.13. The highest BCUT2D eigenvalue weighted by atomic mass is 16.6. The van der Waals surface area contributed by atoms with Crippen LogP contribution in [0, 0.1) is 0 Å². The van der Waals surface area contributed by atoms with Gasteiger partial charge in [0.25, 0.3) is 5.91 Å². The Balaban J connectivity index is 1.46. The molecule has 8 nitrogen and oxygen atoms in total. The van der Waals surface area contributed by atoms with Gasteiger partial charge in [-0.05, 0) is 53.0 Å². The van der Waals surface area contributed by atoms with E-state index in [-0.39, 0.29) is 11.8 Å². The Hall–Kier alpha value is -3.29. The molecule has 0 bridgehead atoms. The van der Waals surface area contributed by atoms with Gasteiger partial charge in [0, 0.05) is 37.5 Å². The lowest BCUT2D eigenvalue weighted by atomic mass is 10.1. The maximum absolute atomic E-state index is 12.8. The number of carbonyl (C=O) groups excluding carboxylic acids is 2. The van der Waals surface area contributed by atoms with Crippen molar-refractivity contribution in [3.05, 3.63) is 53.9 Å². The van der Waals surface area contributed by atoms with E-state index in [4.69, 9.17) is 0 Å². The molecule has 3 aromatic rings. The average Bonchev–Trinajstić information content (AvgIpc) is 3.35. The van der Waals surface area contributed by atoms with Gasteiger partial charge in [-0.15, -0.1) is 0 Å². The molecule has 1 aliphatic rings. The van der Waals surface area contributed by atoms with Crippen LogP contribution in [0.3, 0.4) is 0 Å². The van der Waals surface area contributed by atoms with Gasteiger partial charge in [-0.3, -0.25) is 19.6 Å². The van der Waals surface area contributed by atoms with Gasteiger partial charge < -0.3 is 0 Å². The number of hydrogen-bond donors (Lipinski definition) is 0. The van der Waals surface area contributed by atoms with Gasteiger partial charge in [0.15, 0.2) is 0 Å². The lowest BCUT2D eigenvalue weighted by molar-refractivity contribution is -0.140. The van der Waals surface area contributed by atoms with Crippen molar-refractivity contribution in [3.8, 4) is 0 Å². The molecule has 0 saturated carbocycles. The Morgan fingerprint density at radius 1 is 1.08 bits per heavy atom. The molecule has 2 amide bonds. The van der Waals surface area contributed by atoms with E-state index in [1.807, 2.05) is 12.1 Å². The zero-order valence-electron chi connectivity index (χ0n) is 14.0. The smallest absolute Gasteiger partial charge is 0.272 e. The van der Waals surface area contributed by atoms with Crippen LogP contribution in [0.25, 0.3) is 11.0 Å². The summed E-state index contributed by atoms with van der Waals surface area (Å²) in [5.74, 6) is -0.286. The van der Waals surface area contributed by atoms with Crippen molar-refractivity contribution in [1.82, 2.24) is 25.3 Å². The van der Waals surface area contributed by atoms with Crippen LogP contribution < -0.4 is 0 Å². The molecule has 3 heterocycles. The highest BCUT2D eigenvalue weighted by molar-refractivity contribution is 5.98. The number of nitrogens with zero attached hydrogens (tertiary/aromatic N) is 5. The van der Waals surface area contributed by atoms with Crippen LogP contribution in [0.1, 0.15) is 28.8 Å². The number of fused-ring (bicyclic) bond motifs is 1. The fourth-order valence-electron chi connectivity index (χ4n) is 3.07. The van der Waals surface area contributed by atoms with Gasteiger partial charge in [-0.1, -0.05) is 6.07 Å². The maximum atomic E-state index is 12.8. The van der Waals surface area contributed by atoms with Gasteiger partial charge >= 0.3 is 0 Å². The van der Waals surface area contributed by atoms with Crippen LogP contribution in [0.2, 0.25) is 0 Å². The minimum Gasteiger partial charge on any atom is -0.273 e. The van der Waals surface area contributed by atoms with E-state index in [1.54, 1.807) is 35.6 Å². The molecule has 0 unspecified atom stereocenters. The van der Waals surface area contributed by atoms with Crippen LogP contribution in [0.5, 0.6) is 0 Å². The summed E-state index contributed by atoms with van der Waals surface area (Å²) < 4.78 is 4.66. The predicted molar refractivity (Wildman–Crippen MR) is 91.7 cm³/mol. The number of rotatable bonds is 4. The third-order valence-corrected chi connectivity index (χ3v) is 4.40. The summed E-state index contributed by atoms with van der Waals surface area (Å²) in [5, 5.41) is 10.6. The van der Waals surface area contributed by atoms with Crippen molar-refractivity contribution in [2.24, 2.45) is 0 Å². The Bertz CT molecular complexity index is 940. The molecule has 1 saturated heterocycles. The summed E-state index contributed by atoms with van der Waals surface area (Å²) in [6, 6.07) is 8.77. The number of pyridine rings is 1. The second kappa shape index (κ2) is 6.91. The molecule has 0 radical (unpaired) electrons. The summed E-state index contributed by atoms with van der Waals surface area (Å²) in [6.45, 7) is 1.07. The van der Waals surface area contributed by atoms with E-state index in [2.05, 4.69) is 19.9 Å². The fourth-order valence-corrected chi connectivity index (χ4v) is 3.07. The minimum atomic E-state index is -0.220. The Labute approximate surface area is 149 Å². The highest BCUT2D eigenvalue weighted by Gasteiger charge is 2.31. The Morgan fingerprint density at radius 2 is 1.92 bits per heavy atom. The van der Waals surface area contributed by atoms with E-state index in [9.17, 15) is 9.59 Å². The van der Waals surface area contributed by atoms with Gasteiger partial charge in [-0.25, -0.2) is 9.64 Å². The first kappa shape index (κ1) is 16.2. The third-order valence-electron chi connectivity index (χ3n) is 4.40. The van der Waals surface area contributed by atoms with Crippen molar-refractivity contribution in [1.29, 1.82) is 0 Å². The maximum Gasteiger partial charge on any atom is 0.272 e. The number of aryl methyl sites for hydroxylation is 1. The number of amides is 2. The van der Waals surface area contributed by atoms with Gasteiger partial charge in [0.2, 0.25) is 5.91 Å². The second-order valence-corrected chi connectivity index (χ2v) is 6.13. The quantitative estimate of drug-likeness (QED) is 0.712. The molecule has 132 valence electrons. The standard InChI is InChI=1S/C18H17N5O3/c24-17(7-4-13-3-1-8-19-12-13)22-9-2-10-23(22)18(25)14-5-6-15-16(11-14)21-26-20-15/h1,3,5-6,8,11-12H,2,4,7,9-10H2. The van der Waals surface area contributed by atoms with E-state index in [1.165, 1.54) is 5.01 Å². The van der Waals surface area contributed by atoms with Crippen molar-refractivity contribution in [2.45, 2.75) is 19.3 Å². The summed E-state index contributed by atoms with van der Waals surface area (Å²) in [7, 11) is 0. The summed E-state index contributed by atoms with van der Waals surface area (Å²) in [5.41, 5.74) is 2.57. The van der Waals surface area contributed by atoms with Crippen LogP contribution in [-0.4, -0.2) is 50.2 Å². The molecular weight excluding hydrogens is 334 g/mol. The van der Waals surface area contributed by atoms with Crippen molar-refractivity contribution >= 4 is 22.8 Å². The van der Waals surface area contributed by atoms with Crippen LogP contribution in [0.15, 0.2) is 47.4 Å². The Morgan fingerprint density at radius 3 is 2.77 bits per heavy atom. The summed E-state index contributed by atoms with van der Waals surface area (Å²) in [4.78, 5) is 29.5. The average molecular weight is 351 g/mol. The first-order valence-electron chi connectivity index (χ1n) is 8.46. The number of aromatic nitrogens is 3. The predicted octanol–water partition coefficient (Wildman–Crippen LogP) is 1.84. The van der Waals surface area contributed by atoms with E-state index >= 15 is 0 Å². The highest BCUT2D eigenvalue weighted by Crippen LogP contribution is 2.19. The lowest BCUT2D eigenvalue weighted by Gasteiger charge is -2.28. The Kier molecular flexibility index (Phi) is 4.30. The molecule has 8 heteroatoms. The van der Waals surface area contributed by atoms with Crippen LogP contribution >= 0.6 is 0 Å². The normalized spacial score (nSPS) is 14.2. The second-order valence-electron chi connectivity index (χ2n) is 6.13. The molecule has 1 aromatic carbocycles. The molecule has 2 aromatic heterocycles. The minimum absolute atomic E-state index is 0.0658. The molecule has 4 rings (SSSR count). The number of hydrazine groups is 1. The first-order chi connectivity index (χ1) is 12.7. The monoisotopic (exact) mass is 351 g/mol. The zero-order valence-corrected chi connectivity index (χ0v) is 14.0. The molecule has 26 heavy (non-hydrogen) atoms. The van der Waals surface area contributed by atoms with Gasteiger partial charge in [0.05, 0.1) is 0 Å². The van der Waals surface area contributed by atoms with Crippen molar-refractivity contribution in [2.75, 3.05) is 13.1 Å². The molecule has 0 spiro atoms. The lowest BCUT2D eigenvalue weighted by Crippen LogP contribution is -2.44. The van der Waals surface area contributed by atoms with E-state index < -0.39 is 0 Å². The molecule has 0 aliphatic carbocycles. The molecule has 1 fully saturated rings. The SMILES string of the molecule is O=C(CCc1cccnc1)N1CCCN1C(=O)c1ccc2nonc2c1. The number of hydrogen-bond acceptors (Lipinski definition) is 6. The van der Waals surface area contributed by atoms with Gasteiger partial charge in [-0.2, -0.15) is 0 Å². The molecule has 1 aliphatic heterocycles. The van der Waals surface area contributed by atoms with E-state index in [0.717, 1.165) is 12.0 Å². The van der Waals surface area contributed by atoms with E-state index in [0.29, 0.717) is 42.5 Å². The first-order valence-corrected chi connectivity index (χ1v) is 8.46. The van der Waals surface area contributed by atoms with Crippen LogP contribution in [-0.2, 0) is 11.2 Å². The number of benzene rings is 1. The molecular formula is C18H17N5O3. The van der Waals surface area contributed by atoms with Crippen molar-refractivity contribution in [3.63, 3.8) is 0 Å². The van der Waals surface area contributed by atoms with Crippen molar-refractivity contribution < 1.29 is 14.2 Å². The zero-order chi connectivity index (χ0) is 17.9. The molecule has 0 atom stereocenters. The fraction of sp³-hybridized carbons (Fsp3) is 0.278. The largest absolute Gasteiger partial charge is 0.273 e. The topological polar surface area (TPSA) is 92.4 Å². The summed E-state index contributed by atoms with van der Waals surface area (Å²) in [6.07, 6.45) is 5.15.